The Labute approximate surface area is 155 Å². The Balaban J connectivity index is 1.75. The summed E-state index contributed by atoms with van der Waals surface area (Å²) >= 11 is 0. The van der Waals surface area contributed by atoms with Gasteiger partial charge in [0.25, 0.3) is 0 Å². The quantitative estimate of drug-likeness (QED) is 0.772. The molecule has 2 fully saturated rings. The Morgan fingerprint density at radius 1 is 1.12 bits per heavy atom. The number of ether oxygens (including phenoxy) is 1. The molecule has 2 saturated heterocycles. The average Bonchev–Trinajstić information content (AvgIpc) is 2.82. The Hall–Kier alpha value is -1.37. The number of hydrogen-bond donors (Lipinski definition) is 1. The van der Waals surface area contributed by atoms with Gasteiger partial charge in [0.1, 0.15) is 17.1 Å². The van der Waals surface area contributed by atoms with Crippen LogP contribution in [0, 0.1) is 0 Å². The van der Waals surface area contributed by atoms with E-state index in [9.17, 15) is 0 Å². The Kier molecular flexibility index (Phi) is 4.21. The molecule has 0 radical (unpaired) electrons. The Morgan fingerprint density at radius 3 is 2.46 bits per heavy atom. The van der Waals surface area contributed by atoms with Crippen LogP contribution in [0.15, 0.2) is 30.0 Å². The van der Waals surface area contributed by atoms with Crippen molar-refractivity contribution in [2.45, 2.75) is 63.8 Å². The molecule has 1 aromatic rings. The van der Waals surface area contributed by atoms with Crippen molar-refractivity contribution in [3.63, 3.8) is 0 Å². The first-order valence-corrected chi connectivity index (χ1v) is 9.46. The van der Waals surface area contributed by atoms with Crippen LogP contribution in [-0.2, 0) is 9.31 Å². The second kappa shape index (κ2) is 6.08. The number of hydrogen-bond acceptors (Lipinski definition) is 4. The second-order valence-electron chi connectivity index (χ2n) is 8.65. The van der Waals surface area contributed by atoms with Crippen molar-refractivity contribution >= 4 is 12.7 Å². The predicted molar refractivity (Wildman–Crippen MR) is 101 cm³/mol. The summed E-state index contributed by atoms with van der Waals surface area (Å²) in [4.78, 5) is 0. The molecule has 3 aliphatic rings. The minimum absolute atomic E-state index is 0.329. The van der Waals surface area contributed by atoms with Gasteiger partial charge < -0.3 is 19.4 Å². The largest absolute Gasteiger partial charge is 0.525 e. The normalized spacial score (nSPS) is 31.5. The summed E-state index contributed by atoms with van der Waals surface area (Å²) < 4.78 is 33.9. The van der Waals surface area contributed by atoms with E-state index in [4.69, 9.17) is 14.0 Å². The predicted octanol–water partition coefficient (Wildman–Crippen LogP) is 3.90. The van der Waals surface area contributed by atoms with Crippen LogP contribution in [0.5, 0.6) is 5.75 Å². The Bertz CT molecular complexity index is 724. The van der Waals surface area contributed by atoms with Crippen LogP contribution in [0.4, 0.5) is 4.39 Å². The summed E-state index contributed by atoms with van der Waals surface area (Å²) in [5, 5.41) is 3.40. The summed E-state index contributed by atoms with van der Waals surface area (Å²) in [5.74, 6) is 0.740. The molecule has 4 nitrogen and oxygen atoms in total. The van der Waals surface area contributed by atoms with E-state index in [1.165, 1.54) is 0 Å². The minimum atomic E-state index is -0.977. The number of benzene rings is 1. The fraction of sp³-hybridized carbons (Fsp3) is 0.600. The van der Waals surface area contributed by atoms with Gasteiger partial charge in [-0.15, -0.1) is 0 Å². The molecular weight excluding hydrogens is 332 g/mol. The van der Waals surface area contributed by atoms with Crippen molar-refractivity contribution in [3.8, 4) is 5.75 Å². The van der Waals surface area contributed by atoms with E-state index < -0.39 is 23.9 Å². The fourth-order valence-corrected chi connectivity index (χ4v) is 3.97. The SMILES string of the molecule is CC1(C)OB(C(F)=C2CC3(CCCNC3)Oc3ccccc32)OC1(C)C. The van der Waals surface area contributed by atoms with Crippen molar-refractivity contribution in [3.05, 3.63) is 35.6 Å². The molecule has 1 aromatic carbocycles. The highest BCUT2D eigenvalue weighted by atomic mass is 19.1. The maximum atomic E-state index is 15.7. The van der Waals surface area contributed by atoms with Gasteiger partial charge in [0, 0.05) is 18.5 Å². The molecule has 0 saturated carbocycles. The van der Waals surface area contributed by atoms with E-state index in [2.05, 4.69) is 5.32 Å². The van der Waals surface area contributed by atoms with Gasteiger partial charge in [0.15, 0.2) is 0 Å². The monoisotopic (exact) mass is 359 g/mol. The summed E-state index contributed by atoms with van der Waals surface area (Å²) in [5.41, 5.74) is -0.410. The third-order valence-corrected chi connectivity index (χ3v) is 6.22. The maximum Gasteiger partial charge on any atom is 0.525 e. The number of para-hydroxylation sites is 1. The van der Waals surface area contributed by atoms with Gasteiger partial charge in [-0.05, 0) is 58.7 Å². The van der Waals surface area contributed by atoms with Crippen LogP contribution in [-0.4, -0.2) is 37.0 Å². The minimum Gasteiger partial charge on any atom is -0.485 e. The molecule has 3 aliphatic heterocycles. The van der Waals surface area contributed by atoms with Crippen LogP contribution >= 0.6 is 0 Å². The van der Waals surface area contributed by atoms with Gasteiger partial charge in [0.05, 0.1) is 11.2 Å². The number of fused-ring (bicyclic) bond motifs is 1. The summed E-state index contributed by atoms with van der Waals surface area (Å²) in [6.45, 7) is 9.46. The lowest BCUT2D eigenvalue weighted by Crippen LogP contribution is -2.51. The van der Waals surface area contributed by atoms with Crippen molar-refractivity contribution < 1.29 is 18.4 Å². The van der Waals surface area contributed by atoms with Crippen molar-refractivity contribution in [2.75, 3.05) is 13.1 Å². The van der Waals surface area contributed by atoms with Crippen molar-refractivity contribution in [2.24, 2.45) is 0 Å². The van der Waals surface area contributed by atoms with Crippen LogP contribution < -0.4 is 10.1 Å². The van der Waals surface area contributed by atoms with Crippen LogP contribution in [0.3, 0.4) is 0 Å². The number of nitrogens with one attached hydrogen (secondary N) is 1. The molecule has 1 unspecified atom stereocenters. The first-order chi connectivity index (χ1) is 12.2. The summed E-state index contributed by atoms with van der Waals surface area (Å²) in [6, 6.07) is 7.68. The van der Waals surface area contributed by atoms with Gasteiger partial charge >= 0.3 is 7.12 Å². The highest BCUT2D eigenvalue weighted by Crippen LogP contribution is 2.47. The summed E-state index contributed by atoms with van der Waals surface area (Å²) in [6.07, 6.45) is 2.45. The molecule has 140 valence electrons. The molecule has 1 N–H and O–H groups in total. The molecule has 1 spiro atoms. The molecule has 26 heavy (non-hydrogen) atoms. The van der Waals surface area contributed by atoms with Gasteiger partial charge in [-0.2, -0.15) is 0 Å². The molecule has 0 aliphatic carbocycles. The average molecular weight is 359 g/mol. The summed E-state index contributed by atoms with van der Waals surface area (Å²) in [7, 11) is -0.977. The number of piperidine rings is 1. The topological polar surface area (TPSA) is 39.7 Å². The van der Waals surface area contributed by atoms with Gasteiger partial charge in [-0.25, -0.2) is 4.39 Å². The highest BCUT2D eigenvalue weighted by molar-refractivity contribution is 6.55. The van der Waals surface area contributed by atoms with E-state index in [1.54, 1.807) is 0 Å². The van der Waals surface area contributed by atoms with Crippen LogP contribution in [0.1, 0.15) is 52.5 Å². The molecule has 0 bridgehead atoms. The van der Waals surface area contributed by atoms with E-state index in [1.807, 2.05) is 52.0 Å². The molecule has 0 aromatic heterocycles. The van der Waals surface area contributed by atoms with Crippen molar-refractivity contribution in [1.82, 2.24) is 5.32 Å². The van der Waals surface area contributed by atoms with E-state index in [-0.39, 0.29) is 5.73 Å². The fourth-order valence-electron chi connectivity index (χ4n) is 3.97. The lowest BCUT2D eigenvalue weighted by Gasteiger charge is -2.42. The molecule has 4 rings (SSSR count). The maximum absolute atomic E-state index is 15.7. The standard InChI is InChI=1S/C20H27BFNO3/c1-18(2)19(3,4)26-21(25-18)17(22)15-12-20(10-7-11-23-13-20)24-16-9-6-5-8-14(15)16/h5-6,8-9,23H,7,10-13H2,1-4H3. The van der Waals surface area contributed by atoms with Crippen molar-refractivity contribution in [1.29, 1.82) is 0 Å². The molecule has 0 amide bonds. The zero-order chi connectivity index (χ0) is 18.6. The van der Waals surface area contributed by atoms with Crippen LogP contribution in [0.25, 0.3) is 5.57 Å². The zero-order valence-electron chi connectivity index (χ0n) is 16.0. The van der Waals surface area contributed by atoms with Crippen LogP contribution in [0.2, 0.25) is 0 Å². The highest BCUT2D eigenvalue weighted by Gasteiger charge is 2.54. The Morgan fingerprint density at radius 2 is 1.81 bits per heavy atom. The third kappa shape index (κ3) is 2.88. The van der Waals surface area contributed by atoms with E-state index in [0.29, 0.717) is 12.0 Å². The smallest absolute Gasteiger partial charge is 0.485 e. The number of rotatable bonds is 1. The molecule has 1 atom stereocenters. The van der Waals surface area contributed by atoms with Gasteiger partial charge in [-0.1, -0.05) is 18.2 Å². The molecule has 6 heteroatoms. The van der Waals surface area contributed by atoms with Gasteiger partial charge in [0.2, 0.25) is 0 Å². The zero-order valence-corrected chi connectivity index (χ0v) is 16.0. The van der Waals surface area contributed by atoms with E-state index in [0.717, 1.165) is 37.2 Å². The third-order valence-electron chi connectivity index (χ3n) is 6.22. The lowest BCUT2D eigenvalue weighted by molar-refractivity contribution is 0.00578. The molecular formula is C20H27BFNO3. The first kappa shape index (κ1) is 18.0. The first-order valence-electron chi connectivity index (χ1n) is 9.46. The van der Waals surface area contributed by atoms with E-state index >= 15 is 4.39 Å². The molecule has 3 heterocycles. The number of halogens is 1. The lowest BCUT2D eigenvalue weighted by atomic mass is 9.75. The second-order valence-corrected chi connectivity index (χ2v) is 8.65. The van der Waals surface area contributed by atoms with Gasteiger partial charge in [-0.3, -0.25) is 0 Å².